The summed E-state index contributed by atoms with van der Waals surface area (Å²) in [4.78, 5) is 4.50. The Hall–Kier alpha value is -0.0800. The lowest BCUT2D eigenvalue weighted by molar-refractivity contribution is 0.103. The Labute approximate surface area is 57.3 Å². The van der Waals surface area contributed by atoms with Crippen molar-refractivity contribution >= 4 is 0 Å². The maximum atomic E-state index is 4.90. The molecule has 56 valence electrons. The van der Waals surface area contributed by atoms with E-state index in [0.717, 1.165) is 0 Å². The molecule has 0 radical (unpaired) electrons. The predicted octanol–water partition coefficient (Wildman–Crippen LogP) is 1.70. The summed E-state index contributed by atoms with van der Waals surface area (Å²) < 4.78 is 0. The van der Waals surface area contributed by atoms with E-state index in [4.69, 9.17) is 5.90 Å². The molecule has 0 aromatic heterocycles. The zero-order valence-corrected chi connectivity index (χ0v) is 6.39. The van der Waals surface area contributed by atoms with Crippen LogP contribution >= 0.6 is 0 Å². The van der Waals surface area contributed by atoms with Crippen molar-refractivity contribution in [1.29, 1.82) is 0 Å². The molecule has 0 saturated heterocycles. The van der Waals surface area contributed by atoms with E-state index in [2.05, 4.69) is 18.7 Å². The van der Waals surface area contributed by atoms with Crippen LogP contribution < -0.4 is 5.90 Å². The molecule has 0 spiro atoms. The topological polar surface area (TPSA) is 35.2 Å². The number of hydrogen-bond acceptors (Lipinski definition) is 2. The molecule has 0 fully saturated rings. The molecular weight excluding hydrogens is 114 g/mol. The molecule has 0 saturated carbocycles. The fourth-order valence-electron chi connectivity index (χ4n) is 0.800. The maximum absolute atomic E-state index is 4.90. The lowest BCUT2D eigenvalue weighted by atomic mass is 10.1. The normalized spacial score (nSPS) is 13.7. The Bertz CT molecular complexity index is 56.9. The van der Waals surface area contributed by atoms with Crippen molar-refractivity contribution in [3.8, 4) is 0 Å². The van der Waals surface area contributed by atoms with E-state index in [1.165, 1.54) is 19.3 Å². The third kappa shape index (κ3) is 5.80. The highest BCUT2D eigenvalue weighted by Gasteiger charge is 1.98. The number of hydrogen-bond donors (Lipinski definition) is 1. The summed E-state index contributed by atoms with van der Waals surface area (Å²) in [6, 6.07) is 0. The molecule has 9 heavy (non-hydrogen) atoms. The summed E-state index contributed by atoms with van der Waals surface area (Å²) in [7, 11) is 0. The fourth-order valence-corrected chi connectivity index (χ4v) is 0.800. The molecule has 0 bridgehead atoms. The van der Waals surface area contributed by atoms with Gasteiger partial charge in [-0.2, -0.15) is 0 Å². The van der Waals surface area contributed by atoms with Crippen LogP contribution in [0.4, 0.5) is 0 Å². The molecule has 0 heterocycles. The number of rotatable bonds is 5. The van der Waals surface area contributed by atoms with Gasteiger partial charge in [0.25, 0.3) is 0 Å². The zero-order chi connectivity index (χ0) is 7.11. The van der Waals surface area contributed by atoms with E-state index in [1.54, 1.807) is 0 Å². The molecule has 1 atom stereocenters. The second kappa shape index (κ2) is 6.05. The molecule has 0 aromatic carbocycles. The van der Waals surface area contributed by atoms with Crippen molar-refractivity contribution in [1.82, 2.24) is 0 Å². The Morgan fingerprint density at radius 1 is 1.56 bits per heavy atom. The van der Waals surface area contributed by atoms with Crippen LogP contribution in [0.5, 0.6) is 0 Å². The summed E-state index contributed by atoms with van der Waals surface area (Å²) in [6.07, 6.45) is 3.77. The monoisotopic (exact) mass is 131 g/mol. The smallest absolute Gasteiger partial charge is 0.0704 e. The van der Waals surface area contributed by atoms with E-state index in [1.807, 2.05) is 0 Å². The van der Waals surface area contributed by atoms with Crippen LogP contribution in [0, 0.1) is 5.92 Å². The van der Waals surface area contributed by atoms with Gasteiger partial charge < -0.3 is 4.84 Å². The minimum atomic E-state index is 0.620. The van der Waals surface area contributed by atoms with E-state index >= 15 is 0 Å². The molecule has 0 aromatic rings. The summed E-state index contributed by atoms with van der Waals surface area (Å²) in [5.74, 6) is 5.52. The third-order valence-corrected chi connectivity index (χ3v) is 1.43. The molecule has 0 amide bonds. The lowest BCUT2D eigenvalue weighted by Crippen LogP contribution is -2.09. The Morgan fingerprint density at radius 2 is 2.22 bits per heavy atom. The van der Waals surface area contributed by atoms with Crippen LogP contribution in [0.25, 0.3) is 0 Å². The van der Waals surface area contributed by atoms with E-state index in [0.29, 0.717) is 12.5 Å². The SMILES string of the molecule is CCCCC(C)CON. The molecular formula is C7H17NO. The maximum Gasteiger partial charge on any atom is 0.0704 e. The van der Waals surface area contributed by atoms with Crippen LogP contribution in [-0.4, -0.2) is 6.61 Å². The zero-order valence-electron chi connectivity index (χ0n) is 6.39. The predicted molar refractivity (Wildman–Crippen MR) is 38.8 cm³/mol. The lowest BCUT2D eigenvalue weighted by Gasteiger charge is -2.06. The first kappa shape index (κ1) is 8.92. The van der Waals surface area contributed by atoms with Gasteiger partial charge >= 0.3 is 0 Å². The summed E-state index contributed by atoms with van der Waals surface area (Å²) >= 11 is 0. The summed E-state index contributed by atoms with van der Waals surface area (Å²) in [5, 5.41) is 0. The Morgan fingerprint density at radius 3 is 2.67 bits per heavy atom. The quantitative estimate of drug-likeness (QED) is 0.576. The molecule has 0 aliphatic rings. The fraction of sp³-hybridized carbons (Fsp3) is 1.00. The van der Waals surface area contributed by atoms with Crippen molar-refractivity contribution in [2.24, 2.45) is 11.8 Å². The van der Waals surface area contributed by atoms with Crippen molar-refractivity contribution in [2.75, 3.05) is 6.61 Å². The van der Waals surface area contributed by atoms with Gasteiger partial charge in [-0.3, -0.25) is 0 Å². The van der Waals surface area contributed by atoms with Gasteiger partial charge in [-0.25, -0.2) is 5.90 Å². The van der Waals surface area contributed by atoms with E-state index in [-0.39, 0.29) is 0 Å². The van der Waals surface area contributed by atoms with Crippen LogP contribution in [0.15, 0.2) is 0 Å². The van der Waals surface area contributed by atoms with Gasteiger partial charge in [-0.1, -0.05) is 26.7 Å². The van der Waals surface area contributed by atoms with E-state index in [9.17, 15) is 0 Å². The minimum Gasteiger partial charge on any atom is -0.304 e. The van der Waals surface area contributed by atoms with Gasteiger partial charge in [0, 0.05) is 0 Å². The highest BCUT2D eigenvalue weighted by Crippen LogP contribution is 2.06. The first-order valence-corrected chi connectivity index (χ1v) is 3.63. The summed E-state index contributed by atoms with van der Waals surface area (Å²) in [6.45, 7) is 5.04. The average molecular weight is 131 g/mol. The highest BCUT2D eigenvalue weighted by molar-refractivity contribution is 4.49. The molecule has 2 nitrogen and oxygen atoms in total. The average Bonchev–Trinajstić information content (AvgIpc) is 1.85. The second-order valence-corrected chi connectivity index (χ2v) is 2.58. The first-order valence-electron chi connectivity index (χ1n) is 3.63. The Kier molecular flexibility index (Phi) is 5.99. The van der Waals surface area contributed by atoms with Crippen LogP contribution in [0.3, 0.4) is 0 Å². The van der Waals surface area contributed by atoms with Gasteiger partial charge in [0.1, 0.15) is 0 Å². The number of nitrogens with two attached hydrogens (primary N) is 1. The van der Waals surface area contributed by atoms with Gasteiger partial charge in [-0.15, -0.1) is 0 Å². The van der Waals surface area contributed by atoms with E-state index < -0.39 is 0 Å². The largest absolute Gasteiger partial charge is 0.304 e. The molecule has 0 aliphatic carbocycles. The first-order chi connectivity index (χ1) is 4.31. The molecule has 0 rings (SSSR count). The highest BCUT2D eigenvalue weighted by atomic mass is 16.6. The van der Waals surface area contributed by atoms with Crippen molar-refractivity contribution in [2.45, 2.75) is 33.1 Å². The second-order valence-electron chi connectivity index (χ2n) is 2.58. The van der Waals surface area contributed by atoms with Crippen LogP contribution in [-0.2, 0) is 4.84 Å². The molecule has 2 N–H and O–H groups in total. The minimum absolute atomic E-state index is 0.620. The van der Waals surface area contributed by atoms with Gasteiger partial charge in [0.15, 0.2) is 0 Å². The molecule has 0 aliphatic heterocycles. The van der Waals surface area contributed by atoms with Gasteiger partial charge in [0.2, 0.25) is 0 Å². The van der Waals surface area contributed by atoms with Gasteiger partial charge in [0.05, 0.1) is 6.61 Å². The van der Waals surface area contributed by atoms with Crippen molar-refractivity contribution in [3.63, 3.8) is 0 Å². The van der Waals surface area contributed by atoms with Crippen molar-refractivity contribution < 1.29 is 4.84 Å². The van der Waals surface area contributed by atoms with Gasteiger partial charge in [-0.05, 0) is 12.3 Å². The van der Waals surface area contributed by atoms with Crippen LogP contribution in [0.2, 0.25) is 0 Å². The summed E-state index contributed by atoms with van der Waals surface area (Å²) in [5.41, 5.74) is 0. The number of unbranched alkanes of at least 4 members (excludes halogenated alkanes) is 1. The molecule has 1 unspecified atom stereocenters. The molecule has 2 heteroatoms. The standard InChI is InChI=1S/C7H17NO/c1-3-4-5-7(2)6-9-8/h7H,3-6,8H2,1-2H3. The van der Waals surface area contributed by atoms with Crippen molar-refractivity contribution in [3.05, 3.63) is 0 Å². The third-order valence-electron chi connectivity index (χ3n) is 1.43. The Balaban J connectivity index is 2.95. The van der Waals surface area contributed by atoms with Crippen LogP contribution in [0.1, 0.15) is 33.1 Å².